The summed E-state index contributed by atoms with van der Waals surface area (Å²) in [4.78, 5) is 29.7. The lowest BCUT2D eigenvalue weighted by Crippen LogP contribution is -2.57. The van der Waals surface area contributed by atoms with Crippen LogP contribution in [0, 0.1) is 23.0 Å². The molecule has 5 heterocycles. The Morgan fingerprint density at radius 1 is 1.14 bits per heavy atom. The minimum absolute atomic E-state index is 0.00714. The Morgan fingerprint density at radius 3 is 2.59 bits per heavy atom. The molecular formula is C30H27F2N9O2S. The second-order valence-corrected chi connectivity index (χ2v) is 12.0. The van der Waals surface area contributed by atoms with Crippen molar-refractivity contribution in [3.05, 3.63) is 59.1 Å². The van der Waals surface area contributed by atoms with Gasteiger partial charge in [-0.15, -0.1) is 0 Å². The number of aliphatic hydroxyl groups excluding tert-OH is 1. The molecule has 1 amide bonds. The monoisotopic (exact) mass is 615 g/mol. The van der Waals surface area contributed by atoms with Crippen LogP contribution in [-0.2, 0) is 4.79 Å². The maximum absolute atomic E-state index is 15.8. The molecule has 0 unspecified atom stereocenters. The molecule has 2 N–H and O–H groups in total. The first-order valence-corrected chi connectivity index (χ1v) is 14.9. The molecule has 0 radical (unpaired) electrons. The summed E-state index contributed by atoms with van der Waals surface area (Å²) in [5.74, 6) is -0.861. The SMILES string of the molecule is CN(c1nc(-c2ccc(F)cc2)c(C#N)s1)c1c2cn[nH]c2nc2c(F)cc(N3CCN(CC(=O)N4CC(O)C4)CC3)cc12. The van der Waals surface area contributed by atoms with Gasteiger partial charge in [0.2, 0.25) is 5.91 Å². The van der Waals surface area contributed by atoms with Gasteiger partial charge >= 0.3 is 0 Å². The molecule has 5 aromatic rings. The fourth-order valence-electron chi connectivity index (χ4n) is 5.76. The van der Waals surface area contributed by atoms with Crippen LogP contribution in [0.15, 0.2) is 42.6 Å². The number of H-pyrrole nitrogens is 1. The van der Waals surface area contributed by atoms with Crippen LogP contribution < -0.4 is 9.80 Å². The number of hydrogen-bond acceptors (Lipinski definition) is 10. The first-order valence-electron chi connectivity index (χ1n) is 14.1. The zero-order valence-electron chi connectivity index (χ0n) is 23.7. The van der Waals surface area contributed by atoms with Crippen molar-refractivity contribution < 1.29 is 18.7 Å². The summed E-state index contributed by atoms with van der Waals surface area (Å²) in [5.41, 5.74) is 2.96. The molecule has 3 aromatic heterocycles. The fourth-order valence-corrected chi connectivity index (χ4v) is 6.61. The molecule has 2 aromatic carbocycles. The number of fused-ring (bicyclic) bond motifs is 2. The summed E-state index contributed by atoms with van der Waals surface area (Å²) in [7, 11) is 1.80. The molecule has 0 spiro atoms. The molecule has 0 aliphatic carbocycles. The van der Waals surface area contributed by atoms with Gasteiger partial charge < -0.3 is 19.8 Å². The number of pyridine rings is 1. The predicted molar refractivity (Wildman–Crippen MR) is 163 cm³/mol. The van der Waals surface area contributed by atoms with Crippen molar-refractivity contribution in [2.24, 2.45) is 0 Å². The molecule has 11 nitrogen and oxygen atoms in total. The lowest BCUT2D eigenvalue weighted by Gasteiger charge is -2.39. The smallest absolute Gasteiger partial charge is 0.236 e. The Hall–Kier alpha value is -4.71. The zero-order valence-corrected chi connectivity index (χ0v) is 24.5. The Labute approximate surface area is 254 Å². The van der Waals surface area contributed by atoms with Crippen LogP contribution in [0.25, 0.3) is 33.2 Å². The van der Waals surface area contributed by atoms with Crippen molar-refractivity contribution in [3.8, 4) is 17.3 Å². The van der Waals surface area contributed by atoms with Gasteiger partial charge in [0.05, 0.1) is 29.9 Å². The largest absolute Gasteiger partial charge is 0.389 e. The van der Waals surface area contributed by atoms with Crippen molar-refractivity contribution >= 4 is 55.7 Å². The van der Waals surface area contributed by atoms with Gasteiger partial charge in [-0.2, -0.15) is 10.4 Å². The number of rotatable bonds is 6. The third-order valence-corrected chi connectivity index (χ3v) is 9.21. The fraction of sp³-hybridized carbons (Fsp3) is 0.300. The molecule has 2 saturated heterocycles. The number of nitrogens with one attached hydrogen (secondary N) is 1. The summed E-state index contributed by atoms with van der Waals surface area (Å²) >= 11 is 1.18. The number of nitriles is 1. The quantitative estimate of drug-likeness (QED) is 0.295. The molecule has 2 aliphatic heterocycles. The number of nitrogens with zero attached hydrogens (tertiary/aromatic N) is 8. The predicted octanol–water partition coefficient (Wildman–Crippen LogP) is 3.48. The third kappa shape index (κ3) is 4.98. The number of β-amino-alcohol motifs (C(OH)–C–C–N with tert-alkyl or cyclic N) is 1. The van der Waals surface area contributed by atoms with Crippen LogP contribution in [0.2, 0.25) is 0 Å². The van der Waals surface area contributed by atoms with Gasteiger partial charge in [0.25, 0.3) is 0 Å². The standard InChI is InChI=1S/C30H27F2N9O2S/c1-38(30-36-26(24(12-33)44-30)17-2-4-18(31)5-3-17)28-21-10-19(11-23(32)27(21)35-29-22(28)13-34-37-29)40-8-6-39(7-9-40)16-25(43)41-14-20(42)15-41/h2-5,10-11,13,20,42H,6-9,14-16H2,1H3,(H,34,35,37). The van der Waals surface area contributed by atoms with Gasteiger partial charge in [-0.1, -0.05) is 11.3 Å². The first-order chi connectivity index (χ1) is 21.3. The van der Waals surface area contributed by atoms with Crippen molar-refractivity contribution in [3.63, 3.8) is 0 Å². The summed E-state index contributed by atoms with van der Waals surface area (Å²) in [6.45, 7) is 3.54. The highest BCUT2D eigenvalue weighted by molar-refractivity contribution is 7.16. The molecule has 2 aliphatic rings. The number of benzene rings is 2. The van der Waals surface area contributed by atoms with Crippen LogP contribution >= 0.6 is 11.3 Å². The Kier molecular flexibility index (Phi) is 7.08. The van der Waals surface area contributed by atoms with E-state index in [9.17, 15) is 19.6 Å². The van der Waals surface area contributed by atoms with E-state index in [1.54, 1.807) is 35.2 Å². The molecule has 44 heavy (non-hydrogen) atoms. The van der Waals surface area contributed by atoms with Crippen molar-refractivity contribution in [2.45, 2.75) is 6.10 Å². The topological polar surface area (TPSA) is 129 Å². The van der Waals surface area contributed by atoms with Crippen molar-refractivity contribution in [1.29, 1.82) is 5.26 Å². The van der Waals surface area contributed by atoms with Gasteiger partial charge in [-0.25, -0.2) is 18.7 Å². The van der Waals surface area contributed by atoms with E-state index < -0.39 is 11.9 Å². The average Bonchev–Trinajstić information content (AvgIpc) is 3.66. The summed E-state index contributed by atoms with van der Waals surface area (Å²) in [6.07, 6.45) is 1.20. The molecule has 0 atom stereocenters. The Balaban J connectivity index is 1.22. The number of halogens is 2. The summed E-state index contributed by atoms with van der Waals surface area (Å²) in [6, 6.07) is 11.4. The van der Waals surface area contributed by atoms with Gasteiger partial charge in [0.15, 0.2) is 16.6 Å². The first kappa shape index (κ1) is 28.1. The van der Waals surface area contributed by atoms with Gasteiger partial charge in [0.1, 0.15) is 28.0 Å². The van der Waals surface area contributed by atoms with Gasteiger partial charge in [-0.05, 0) is 36.4 Å². The number of aliphatic hydroxyl groups is 1. The van der Waals surface area contributed by atoms with E-state index in [0.29, 0.717) is 94.9 Å². The van der Waals surface area contributed by atoms with Crippen LogP contribution in [0.1, 0.15) is 4.88 Å². The van der Waals surface area contributed by atoms with Gasteiger partial charge in [-0.3, -0.25) is 14.8 Å². The van der Waals surface area contributed by atoms with E-state index in [0.717, 1.165) is 0 Å². The van der Waals surface area contributed by atoms with E-state index in [-0.39, 0.29) is 17.2 Å². The highest BCUT2D eigenvalue weighted by Crippen LogP contribution is 2.42. The maximum Gasteiger partial charge on any atom is 0.236 e. The maximum atomic E-state index is 15.8. The van der Waals surface area contributed by atoms with Gasteiger partial charge in [0, 0.05) is 63.0 Å². The average molecular weight is 616 g/mol. The highest BCUT2D eigenvalue weighted by atomic mass is 32.1. The number of aromatic amines is 1. The Morgan fingerprint density at radius 2 is 1.89 bits per heavy atom. The third-order valence-electron chi connectivity index (χ3n) is 8.17. The summed E-state index contributed by atoms with van der Waals surface area (Å²) in [5, 5.41) is 28.1. The number of aromatic nitrogens is 4. The van der Waals surface area contributed by atoms with Crippen molar-refractivity contribution in [1.82, 2.24) is 30.0 Å². The number of amides is 1. The van der Waals surface area contributed by atoms with E-state index in [4.69, 9.17) is 4.98 Å². The van der Waals surface area contributed by atoms with Crippen molar-refractivity contribution in [2.75, 3.05) is 62.7 Å². The molecule has 0 saturated carbocycles. The lowest BCUT2D eigenvalue weighted by molar-refractivity contribution is -0.142. The molecule has 2 fully saturated rings. The number of likely N-dealkylation sites (tertiary alicyclic amines) is 1. The van der Waals surface area contributed by atoms with E-state index >= 15 is 4.39 Å². The highest BCUT2D eigenvalue weighted by Gasteiger charge is 2.31. The number of piperazine rings is 1. The molecule has 14 heteroatoms. The van der Waals surface area contributed by atoms with Crippen LogP contribution in [-0.4, -0.2) is 99.9 Å². The molecule has 7 rings (SSSR count). The number of hydrogen-bond donors (Lipinski definition) is 2. The molecule has 0 bridgehead atoms. The number of carbonyl (C=O) groups excluding carboxylic acids is 1. The molecule has 224 valence electrons. The van der Waals surface area contributed by atoms with E-state index in [1.807, 2.05) is 6.07 Å². The second-order valence-electron chi connectivity index (χ2n) is 11.0. The van der Waals surface area contributed by atoms with Crippen LogP contribution in [0.3, 0.4) is 0 Å². The Bertz CT molecular complexity index is 1920. The van der Waals surface area contributed by atoms with Crippen LogP contribution in [0.5, 0.6) is 0 Å². The van der Waals surface area contributed by atoms with E-state index in [2.05, 4.69) is 31.1 Å². The number of thiazole rings is 1. The lowest BCUT2D eigenvalue weighted by atomic mass is 10.1. The minimum atomic E-state index is -0.485. The summed E-state index contributed by atoms with van der Waals surface area (Å²) < 4.78 is 29.3. The van der Waals surface area contributed by atoms with Crippen LogP contribution in [0.4, 0.5) is 25.3 Å². The zero-order chi connectivity index (χ0) is 30.5. The molecular weight excluding hydrogens is 588 g/mol. The van der Waals surface area contributed by atoms with E-state index in [1.165, 1.54) is 29.5 Å². The second kappa shape index (κ2) is 11.1. The normalized spacial score (nSPS) is 16.0. The minimum Gasteiger partial charge on any atom is -0.389 e. The number of carbonyl (C=O) groups is 1. The number of anilines is 3.